The average Bonchev–Trinajstić information content (AvgIpc) is 2.98. The van der Waals surface area contributed by atoms with Crippen molar-refractivity contribution in [2.45, 2.75) is 30.7 Å². The van der Waals surface area contributed by atoms with Gasteiger partial charge in [0.15, 0.2) is 0 Å². The van der Waals surface area contributed by atoms with E-state index in [1.165, 1.54) is 16.9 Å². The molecule has 1 heterocycles. The molecule has 20 heavy (non-hydrogen) atoms. The lowest BCUT2D eigenvalue weighted by molar-refractivity contribution is -0.130. The van der Waals surface area contributed by atoms with E-state index in [0.29, 0.717) is 18.9 Å². The largest absolute Gasteiger partial charge is 0.341 e. The minimum atomic E-state index is 0.255. The van der Waals surface area contributed by atoms with Crippen molar-refractivity contribution in [3.8, 4) is 0 Å². The molecule has 1 aromatic carbocycles. The van der Waals surface area contributed by atoms with E-state index >= 15 is 0 Å². The number of amides is 1. The number of benzene rings is 1. The highest BCUT2D eigenvalue weighted by Crippen LogP contribution is 2.17. The van der Waals surface area contributed by atoms with Crippen molar-refractivity contribution < 1.29 is 4.79 Å². The SMILES string of the molecule is CSc1ccc(CN(C)C(=O)CCC2CCNC2)cc1. The van der Waals surface area contributed by atoms with Gasteiger partial charge in [0.2, 0.25) is 5.91 Å². The highest BCUT2D eigenvalue weighted by molar-refractivity contribution is 7.98. The van der Waals surface area contributed by atoms with Crippen LogP contribution in [0.2, 0.25) is 0 Å². The van der Waals surface area contributed by atoms with Gasteiger partial charge in [-0.05, 0) is 55.8 Å². The second kappa shape index (κ2) is 7.70. The maximum absolute atomic E-state index is 12.1. The third kappa shape index (κ3) is 4.53. The van der Waals surface area contributed by atoms with Crippen molar-refractivity contribution in [2.24, 2.45) is 5.92 Å². The molecule has 1 amide bonds. The first-order chi connectivity index (χ1) is 9.69. The first-order valence-electron chi connectivity index (χ1n) is 7.26. The van der Waals surface area contributed by atoms with E-state index < -0.39 is 0 Å². The molecule has 1 atom stereocenters. The predicted molar refractivity (Wildman–Crippen MR) is 84.9 cm³/mol. The minimum absolute atomic E-state index is 0.255. The van der Waals surface area contributed by atoms with Crippen molar-refractivity contribution in [3.05, 3.63) is 29.8 Å². The number of carbonyl (C=O) groups excluding carboxylic acids is 1. The molecule has 0 aliphatic carbocycles. The molecule has 1 fully saturated rings. The van der Waals surface area contributed by atoms with Crippen molar-refractivity contribution in [2.75, 3.05) is 26.4 Å². The number of hydrogen-bond donors (Lipinski definition) is 1. The van der Waals surface area contributed by atoms with Gasteiger partial charge in [0.1, 0.15) is 0 Å². The second-order valence-electron chi connectivity index (χ2n) is 5.50. The van der Waals surface area contributed by atoms with E-state index in [9.17, 15) is 4.79 Å². The zero-order chi connectivity index (χ0) is 14.4. The van der Waals surface area contributed by atoms with E-state index in [4.69, 9.17) is 0 Å². The van der Waals surface area contributed by atoms with Gasteiger partial charge >= 0.3 is 0 Å². The van der Waals surface area contributed by atoms with Gasteiger partial charge in [-0.15, -0.1) is 11.8 Å². The maximum atomic E-state index is 12.1. The van der Waals surface area contributed by atoms with Crippen LogP contribution in [0.4, 0.5) is 0 Å². The highest BCUT2D eigenvalue weighted by atomic mass is 32.2. The fraction of sp³-hybridized carbons (Fsp3) is 0.562. The van der Waals surface area contributed by atoms with E-state index in [-0.39, 0.29) is 5.91 Å². The summed E-state index contributed by atoms with van der Waals surface area (Å²) in [5.74, 6) is 0.944. The Hall–Kier alpha value is -1.00. The van der Waals surface area contributed by atoms with Crippen LogP contribution in [0.25, 0.3) is 0 Å². The van der Waals surface area contributed by atoms with Crippen LogP contribution in [-0.2, 0) is 11.3 Å². The van der Waals surface area contributed by atoms with Crippen LogP contribution in [0.3, 0.4) is 0 Å². The van der Waals surface area contributed by atoms with Gasteiger partial charge < -0.3 is 10.2 Å². The number of rotatable bonds is 6. The Kier molecular flexibility index (Phi) is 5.92. The van der Waals surface area contributed by atoms with E-state index in [1.54, 1.807) is 11.8 Å². The van der Waals surface area contributed by atoms with Crippen LogP contribution in [-0.4, -0.2) is 37.2 Å². The van der Waals surface area contributed by atoms with Gasteiger partial charge in [0, 0.05) is 24.9 Å². The molecule has 1 N–H and O–H groups in total. The first-order valence-corrected chi connectivity index (χ1v) is 8.49. The van der Waals surface area contributed by atoms with Crippen LogP contribution in [0.5, 0.6) is 0 Å². The second-order valence-corrected chi connectivity index (χ2v) is 6.38. The molecule has 1 saturated heterocycles. The molecule has 1 aliphatic heterocycles. The Balaban J connectivity index is 1.77. The fourth-order valence-corrected chi connectivity index (χ4v) is 2.98. The Morgan fingerprint density at radius 3 is 2.75 bits per heavy atom. The predicted octanol–water partition coefficient (Wildman–Crippen LogP) is 2.76. The third-order valence-electron chi connectivity index (χ3n) is 3.93. The van der Waals surface area contributed by atoms with Crippen molar-refractivity contribution in [1.29, 1.82) is 0 Å². The number of carbonyl (C=O) groups is 1. The topological polar surface area (TPSA) is 32.3 Å². The molecule has 4 heteroatoms. The summed E-state index contributed by atoms with van der Waals surface area (Å²) in [6.07, 6.45) is 4.98. The van der Waals surface area contributed by atoms with E-state index in [1.807, 2.05) is 11.9 Å². The zero-order valence-electron chi connectivity index (χ0n) is 12.4. The van der Waals surface area contributed by atoms with Crippen LogP contribution in [0.1, 0.15) is 24.8 Å². The van der Waals surface area contributed by atoms with Crippen molar-refractivity contribution in [3.63, 3.8) is 0 Å². The number of nitrogens with zero attached hydrogens (tertiary/aromatic N) is 1. The summed E-state index contributed by atoms with van der Waals surface area (Å²) in [6.45, 7) is 2.89. The lowest BCUT2D eigenvalue weighted by atomic mass is 10.0. The normalized spacial score (nSPS) is 18.2. The summed E-state index contributed by atoms with van der Waals surface area (Å²) in [5.41, 5.74) is 1.20. The molecule has 0 saturated carbocycles. The summed E-state index contributed by atoms with van der Waals surface area (Å²) < 4.78 is 0. The lowest BCUT2D eigenvalue weighted by Crippen LogP contribution is -2.26. The van der Waals surface area contributed by atoms with Crippen LogP contribution < -0.4 is 5.32 Å². The van der Waals surface area contributed by atoms with E-state index in [0.717, 1.165) is 19.5 Å². The summed E-state index contributed by atoms with van der Waals surface area (Å²) in [7, 11) is 1.90. The molecule has 1 aromatic rings. The monoisotopic (exact) mass is 292 g/mol. The summed E-state index contributed by atoms with van der Waals surface area (Å²) in [6, 6.07) is 8.44. The number of hydrogen-bond acceptors (Lipinski definition) is 3. The molecular formula is C16H24N2OS. The minimum Gasteiger partial charge on any atom is -0.341 e. The molecule has 0 aromatic heterocycles. The maximum Gasteiger partial charge on any atom is 0.222 e. The molecule has 1 aliphatic rings. The Labute approximate surface area is 126 Å². The Morgan fingerprint density at radius 1 is 1.40 bits per heavy atom. The Bertz CT molecular complexity index is 427. The quantitative estimate of drug-likeness (QED) is 0.818. The first kappa shape index (κ1) is 15.4. The van der Waals surface area contributed by atoms with Gasteiger partial charge in [0.05, 0.1) is 0 Å². The van der Waals surface area contributed by atoms with Gasteiger partial charge in [-0.25, -0.2) is 0 Å². The van der Waals surface area contributed by atoms with Gasteiger partial charge in [-0.1, -0.05) is 12.1 Å². The molecule has 110 valence electrons. The third-order valence-corrected chi connectivity index (χ3v) is 4.68. The smallest absolute Gasteiger partial charge is 0.222 e. The summed E-state index contributed by atoms with van der Waals surface area (Å²) in [4.78, 5) is 15.2. The highest BCUT2D eigenvalue weighted by Gasteiger charge is 2.17. The molecule has 0 spiro atoms. The zero-order valence-corrected chi connectivity index (χ0v) is 13.2. The molecule has 0 radical (unpaired) electrons. The average molecular weight is 292 g/mol. The fourth-order valence-electron chi connectivity index (χ4n) is 2.57. The molecular weight excluding hydrogens is 268 g/mol. The van der Waals surface area contributed by atoms with Crippen molar-refractivity contribution in [1.82, 2.24) is 10.2 Å². The van der Waals surface area contributed by atoms with E-state index in [2.05, 4.69) is 35.8 Å². The molecule has 0 bridgehead atoms. The molecule has 2 rings (SSSR count). The van der Waals surface area contributed by atoms with Crippen LogP contribution >= 0.6 is 11.8 Å². The number of nitrogens with one attached hydrogen (secondary N) is 1. The van der Waals surface area contributed by atoms with Gasteiger partial charge in [-0.2, -0.15) is 0 Å². The molecule has 1 unspecified atom stereocenters. The van der Waals surface area contributed by atoms with Gasteiger partial charge in [0.25, 0.3) is 0 Å². The van der Waals surface area contributed by atoms with Crippen LogP contribution in [0.15, 0.2) is 29.2 Å². The number of thioether (sulfide) groups is 1. The summed E-state index contributed by atoms with van der Waals surface area (Å²) >= 11 is 1.74. The Morgan fingerprint density at radius 2 is 2.15 bits per heavy atom. The standard InChI is InChI=1S/C16H24N2OS/c1-18(12-14-3-6-15(20-2)7-4-14)16(19)8-5-13-9-10-17-11-13/h3-4,6-7,13,17H,5,8-12H2,1-2H3. The van der Waals surface area contributed by atoms with Gasteiger partial charge in [-0.3, -0.25) is 4.79 Å². The molecule has 3 nitrogen and oxygen atoms in total. The van der Waals surface area contributed by atoms with Crippen LogP contribution in [0, 0.1) is 5.92 Å². The van der Waals surface area contributed by atoms with Crippen molar-refractivity contribution >= 4 is 17.7 Å². The lowest BCUT2D eigenvalue weighted by Gasteiger charge is -2.18. The summed E-state index contributed by atoms with van der Waals surface area (Å²) in [5, 5.41) is 3.35.